The van der Waals surface area contributed by atoms with Crippen LogP contribution in [0.2, 0.25) is 5.02 Å². The number of para-hydroxylation sites is 1. The van der Waals surface area contributed by atoms with Crippen molar-refractivity contribution in [3.63, 3.8) is 0 Å². The van der Waals surface area contributed by atoms with Gasteiger partial charge in [-0.25, -0.2) is 0 Å². The molecule has 2 heterocycles. The lowest BCUT2D eigenvalue weighted by Gasteiger charge is -2.29. The molecule has 1 aliphatic rings. The van der Waals surface area contributed by atoms with Crippen LogP contribution in [0.5, 0.6) is 5.75 Å². The Kier molecular flexibility index (Phi) is 23.2. The highest BCUT2D eigenvalue weighted by Crippen LogP contribution is 2.25. The lowest BCUT2D eigenvalue weighted by atomic mass is 10.0. The monoisotopic (exact) mass is 1190 g/mol. The van der Waals surface area contributed by atoms with Gasteiger partial charge < -0.3 is 69.2 Å². The highest BCUT2D eigenvalue weighted by Gasteiger charge is 2.37. The number of amides is 8. The molecule has 8 amide bonds. The molecule has 0 aliphatic carbocycles. The summed E-state index contributed by atoms with van der Waals surface area (Å²) in [6.07, 6.45) is 0.883. The van der Waals surface area contributed by atoms with Crippen LogP contribution in [0.3, 0.4) is 0 Å². The van der Waals surface area contributed by atoms with E-state index in [-0.39, 0.29) is 49.4 Å². The van der Waals surface area contributed by atoms with Crippen LogP contribution in [0.25, 0.3) is 21.7 Å². The zero-order chi connectivity index (χ0) is 59.6. The van der Waals surface area contributed by atoms with Crippen molar-refractivity contribution in [2.75, 3.05) is 25.1 Å². The Balaban J connectivity index is 1.25. The van der Waals surface area contributed by atoms with Gasteiger partial charge in [-0.1, -0.05) is 118 Å². The topological polar surface area (TPSA) is 341 Å². The molecular formula is C59H70ClN11O10S2. The third-order valence-electron chi connectivity index (χ3n) is 14.0. The predicted molar refractivity (Wildman–Crippen MR) is 322 cm³/mol. The number of phenols is 1. The Bertz CT molecular complexity index is 3240. The van der Waals surface area contributed by atoms with Crippen LogP contribution in [-0.2, 0) is 64.0 Å². The number of rotatable bonds is 19. The summed E-state index contributed by atoms with van der Waals surface area (Å²) >= 11 is 6.11. The van der Waals surface area contributed by atoms with Crippen molar-refractivity contribution in [1.82, 2.24) is 47.5 Å². The number of aliphatic hydroxyl groups is 1. The van der Waals surface area contributed by atoms with Crippen molar-refractivity contribution in [3.8, 4) is 5.75 Å². The van der Waals surface area contributed by atoms with E-state index in [2.05, 4.69) is 47.5 Å². The first-order valence-electron chi connectivity index (χ1n) is 27.1. The van der Waals surface area contributed by atoms with Crippen molar-refractivity contribution in [3.05, 3.63) is 149 Å². The fourth-order valence-corrected chi connectivity index (χ4v) is 11.9. The molecule has 6 aromatic rings. The average Bonchev–Trinajstić information content (AvgIpc) is 4.14. The lowest BCUT2D eigenvalue weighted by molar-refractivity contribution is -0.136. The second-order valence-electron chi connectivity index (χ2n) is 20.4. The number of carbonyl (C=O) groups is 8. The number of unbranched alkanes of at least 4 members (excludes halogenated alkanes) is 1. The number of fused-ring (bicyclic) bond motifs is 2. The molecule has 0 spiro atoms. The fourth-order valence-electron chi connectivity index (χ4n) is 9.40. The Morgan fingerprint density at radius 2 is 1.33 bits per heavy atom. The molecule has 83 heavy (non-hydrogen) atoms. The van der Waals surface area contributed by atoms with E-state index in [4.69, 9.17) is 23.1 Å². The van der Waals surface area contributed by atoms with Gasteiger partial charge >= 0.3 is 0 Å². The van der Waals surface area contributed by atoms with Gasteiger partial charge in [-0.2, -0.15) is 0 Å². The molecule has 440 valence electrons. The number of primary amides is 1. The van der Waals surface area contributed by atoms with Gasteiger partial charge in [-0.3, -0.25) is 38.4 Å². The maximum absolute atomic E-state index is 14.9. The van der Waals surface area contributed by atoms with Crippen molar-refractivity contribution in [1.29, 1.82) is 0 Å². The van der Waals surface area contributed by atoms with Crippen LogP contribution in [0.15, 0.2) is 121 Å². The summed E-state index contributed by atoms with van der Waals surface area (Å²) in [5, 5.41) is 46.5. The number of benzene rings is 5. The highest BCUT2D eigenvalue weighted by molar-refractivity contribution is 8.76. The molecule has 1 fully saturated rings. The number of phenolic OH excluding ortho intramolecular Hbond substituents is 1. The third-order valence-corrected chi connectivity index (χ3v) is 16.7. The number of nitrogens with one attached hydrogen (secondary N) is 9. The Labute approximate surface area is 493 Å². The van der Waals surface area contributed by atoms with Gasteiger partial charge in [0.1, 0.15) is 48.0 Å². The molecule has 1 saturated heterocycles. The highest BCUT2D eigenvalue weighted by atomic mass is 35.5. The van der Waals surface area contributed by atoms with Gasteiger partial charge in [-0.15, -0.1) is 0 Å². The van der Waals surface area contributed by atoms with Crippen LogP contribution in [-0.4, -0.2) is 142 Å². The summed E-state index contributed by atoms with van der Waals surface area (Å²) in [7, 11) is 3.77. The van der Waals surface area contributed by atoms with Crippen LogP contribution < -0.4 is 54.0 Å². The number of hydrogen-bond acceptors (Lipinski definition) is 14. The standard InChI is InChI=1S/C59H70ClN11O10S2/c1-33(72)51-59(81)70-50(57(79)66-46(52(62)74)28-36-14-19-37-9-3-4-10-38(37)25-36)32-83-82-31-49(69-53(75)43(61)26-34-15-20-40(60)21-16-34)58(80)67-47(27-35-17-22-41(73)23-18-35)55(77)68-48(29-39-30-64-44-12-6-5-11-42(39)44)56(78)65-45(54(76)71-51)13-7-8-24-63-2/h3-6,9-12,14-23,25,30,33,43,45-51,63-64,72-73H,7-8,13,24,26-29,31-32,61H2,1-2H3,(H2,62,74)(H,65,78)(H,66,79)(H,67,80)(H,68,77)(H,69,75)(H,70,81)(H,71,76)/t33-,43-,45+,46+,47+,48-,49-,50+,51+/m1/s1. The van der Waals surface area contributed by atoms with Gasteiger partial charge in [0.25, 0.3) is 0 Å². The molecule has 24 heteroatoms. The zero-order valence-corrected chi connectivity index (χ0v) is 48.2. The summed E-state index contributed by atoms with van der Waals surface area (Å²) < 4.78 is 0. The molecule has 0 radical (unpaired) electrons. The molecule has 9 atom stereocenters. The zero-order valence-electron chi connectivity index (χ0n) is 45.8. The molecule has 7 rings (SSSR count). The Morgan fingerprint density at radius 1 is 0.699 bits per heavy atom. The largest absolute Gasteiger partial charge is 0.508 e. The van der Waals surface area contributed by atoms with E-state index < -0.39 is 102 Å². The second-order valence-corrected chi connectivity index (χ2v) is 23.4. The first-order chi connectivity index (χ1) is 39.8. The molecule has 21 nitrogen and oxygen atoms in total. The second kappa shape index (κ2) is 30.6. The molecule has 0 saturated carbocycles. The summed E-state index contributed by atoms with van der Waals surface area (Å²) in [6, 6.07) is 21.8. The van der Waals surface area contributed by atoms with E-state index in [1.54, 1.807) is 55.7 Å². The van der Waals surface area contributed by atoms with Crippen molar-refractivity contribution >= 4 is 102 Å². The van der Waals surface area contributed by atoms with E-state index in [0.29, 0.717) is 46.7 Å². The Morgan fingerprint density at radius 3 is 2.04 bits per heavy atom. The minimum Gasteiger partial charge on any atom is -0.508 e. The van der Waals surface area contributed by atoms with E-state index in [9.17, 15) is 48.6 Å². The van der Waals surface area contributed by atoms with Gasteiger partial charge in [0.2, 0.25) is 47.3 Å². The maximum Gasteiger partial charge on any atom is 0.245 e. The molecule has 1 aliphatic heterocycles. The SMILES string of the molecule is CNCCCC[C@@H]1NC(=O)[C@@H](Cc2c[nH]c3ccccc23)NC(=O)[C@H](Cc2ccc(O)cc2)NC(=O)[C@H](NC(=O)[C@H](N)Cc2ccc(Cl)cc2)CSSC[C@@H](C(=O)N[C@@H](Cc2ccc3ccccc3c2)C(N)=O)NC(=O)[C@H]([C@@H](C)O)NC1=O. The van der Waals surface area contributed by atoms with E-state index in [0.717, 1.165) is 43.3 Å². The predicted octanol–water partition coefficient (Wildman–Crippen LogP) is 2.32. The van der Waals surface area contributed by atoms with Crippen LogP contribution >= 0.6 is 33.2 Å². The van der Waals surface area contributed by atoms with E-state index >= 15 is 0 Å². The number of hydrogen-bond donors (Lipinski definition) is 13. The molecular weight excluding hydrogens is 1120 g/mol. The molecule has 0 bridgehead atoms. The number of aromatic hydroxyl groups is 1. The molecule has 5 aromatic carbocycles. The number of H-pyrrole nitrogens is 1. The van der Waals surface area contributed by atoms with Crippen molar-refractivity contribution < 1.29 is 48.6 Å². The van der Waals surface area contributed by atoms with Gasteiger partial charge in [0, 0.05) is 52.9 Å². The van der Waals surface area contributed by atoms with Crippen molar-refractivity contribution in [2.24, 2.45) is 11.5 Å². The number of aromatic nitrogens is 1. The first kappa shape index (κ1) is 62.9. The molecule has 15 N–H and O–H groups in total. The van der Waals surface area contributed by atoms with Crippen LogP contribution in [0, 0.1) is 0 Å². The number of aliphatic hydroxyl groups excluding tert-OH is 1. The van der Waals surface area contributed by atoms with Gasteiger partial charge in [0.15, 0.2) is 0 Å². The summed E-state index contributed by atoms with van der Waals surface area (Å²) in [5.41, 5.74) is 15.5. The minimum absolute atomic E-state index is 0.0205. The quantitative estimate of drug-likeness (QED) is 0.0409. The number of aromatic amines is 1. The Hall–Kier alpha value is -7.67. The number of halogens is 1. The number of carbonyl (C=O) groups excluding carboxylic acids is 8. The first-order valence-corrected chi connectivity index (χ1v) is 30.0. The molecule has 1 aromatic heterocycles. The molecule has 0 unspecified atom stereocenters. The summed E-state index contributed by atoms with van der Waals surface area (Å²) in [6.45, 7) is 1.83. The van der Waals surface area contributed by atoms with Crippen molar-refractivity contribution in [2.45, 2.75) is 106 Å². The van der Waals surface area contributed by atoms with Gasteiger partial charge in [0.05, 0.1) is 12.1 Å². The van der Waals surface area contributed by atoms with Gasteiger partial charge in [-0.05, 0) is 110 Å². The lowest BCUT2D eigenvalue weighted by Crippen LogP contribution is -2.62. The summed E-state index contributed by atoms with van der Waals surface area (Å²) in [4.78, 5) is 118. The average molecular weight is 1190 g/mol. The van der Waals surface area contributed by atoms with E-state index in [1.165, 1.54) is 19.1 Å². The third kappa shape index (κ3) is 18.4. The summed E-state index contributed by atoms with van der Waals surface area (Å²) in [5.74, 6) is -7.31. The van der Waals surface area contributed by atoms with E-state index in [1.807, 2.05) is 60.7 Å². The number of nitrogens with two attached hydrogens (primary N) is 2. The maximum atomic E-state index is 14.9. The van der Waals surface area contributed by atoms with Crippen LogP contribution in [0.1, 0.15) is 48.4 Å². The normalized spacial score (nSPS) is 20.8. The minimum atomic E-state index is -1.70. The smallest absolute Gasteiger partial charge is 0.245 e. The fraction of sp³-hybridized carbons (Fsp3) is 0.356. The van der Waals surface area contributed by atoms with Crippen LogP contribution in [0.4, 0.5) is 0 Å².